The number of nitrogens with zero attached hydrogens (tertiary/aromatic N) is 4. The van der Waals surface area contributed by atoms with Crippen molar-refractivity contribution in [2.24, 2.45) is 5.92 Å². The van der Waals surface area contributed by atoms with E-state index in [1.54, 1.807) is 0 Å². The maximum Gasteiger partial charge on any atom is 0.418 e. The van der Waals surface area contributed by atoms with Gasteiger partial charge in [0.2, 0.25) is 15.9 Å². The van der Waals surface area contributed by atoms with Crippen LogP contribution in [0.5, 0.6) is 0 Å². The summed E-state index contributed by atoms with van der Waals surface area (Å²) in [6, 6.07) is 4.79. The molecule has 2 aliphatic rings. The van der Waals surface area contributed by atoms with Gasteiger partial charge in [0, 0.05) is 35.6 Å². The first-order chi connectivity index (χ1) is 33.5. The zero-order chi connectivity index (χ0) is 54.1. The minimum atomic E-state index is -5.12. The lowest BCUT2D eigenvalue weighted by molar-refractivity contribution is -0.149. The number of halogens is 11. The molecular formula is C45H39ClF10N6O9S2. The van der Waals surface area contributed by atoms with Crippen LogP contribution < -0.4 is 10.0 Å². The number of carbonyl (C=O) groups is 3. The largest absolute Gasteiger partial charge is 0.481 e. The van der Waals surface area contributed by atoms with E-state index in [9.17, 15) is 66.3 Å². The van der Waals surface area contributed by atoms with Gasteiger partial charge in [0.1, 0.15) is 41.3 Å². The van der Waals surface area contributed by atoms with Crippen LogP contribution in [0.25, 0.3) is 22.0 Å². The van der Waals surface area contributed by atoms with Crippen LogP contribution >= 0.6 is 11.6 Å². The van der Waals surface area contributed by atoms with Crippen molar-refractivity contribution >= 4 is 66.0 Å². The molecule has 5 aromatic rings. The number of aromatic nitrogens is 4. The Morgan fingerprint density at radius 3 is 2.25 bits per heavy atom. The van der Waals surface area contributed by atoms with Crippen LogP contribution in [0.15, 0.2) is 48.7 Å². The van der Waals surface area contributed by atoms with Crippen molar-refractivity contribution in [3.63, 3.8) is 0 Å². The average molecular weight is 1100 g/mol. The van der Waals surface area contributed by atoms with Crippen molar-refractivity contribution in [1.82, 2.24) is 24.6 Å². The van der Waals surface area contributed by atoms with Gasteiger partial charge in [-0.15, -0.1) is 0 Å². The van der Waals surface area contributed by atoms with Gasteiger partial charge in [-0.1, -0.05) is 23.6 Å². The number of alkyl halides is 8. The standard InChI is InChI=1S/C45H39ClF10N6O9S2/c1-21(11-34(64)65)71-35(66)19-73(69,70)60-41-37-31(46)8-7-27(39(37)62(59-41)20-43(49,50)51)26-6-5-25(9-10-42(2,3)72(4,67)68)57-38(26)32(14-22-12-23(47)15-24(48)13-22)58-33(63)18-61-17-30(45(54,55)56)36-28-16-29(28)44(52,53)40(36)61/h5-8,12-13,15,17,21,28-29,32H,11,14,16,18-20H2,1-4H3,(H,58,63)(H,59,60)(H,64,65)/t21-,28-,29?,32-/m0/s1. The van der Waals surface area contributed by atoms with Crippen molar-refractivity contribution < 1.29 is 85.0 Å². The fraction of sp³-hybridized carbons (Fsp3) is 0.400. The smallest absolute Gasteiger partial charge is 0.418 e. The number of fused-ring (bicyclic) bond motifs is 4. The van der Waals surface area contributed by atoms with E-state index in [1.807, 2.05) is 4.72 Å². The number of rotatable bonds is 16. The summed E-state index contributed by atoms with van der Waals surface area (Å²) >= 11 is 6.54. The van der Waals surface area contributed by atoms with Crippen molar-refractivity contribution in [3.05, 3.63) is 99.1 Å². The van der Waals surface area contributed by atoms with Gasteiger partial charge < -0.3 is 19.7 Å². The van der Waals surface area contributed by atoms with Crippen LogP contribution in [0, 0.1) is 29.4 Å². The van der Waals surface area contributed by atoms with E-state index < -0.39 is 172 Å². The molecule has 3 aromatic heterocycles. The minimum absolute atomic E-state index is 0.238. The van der Waals surface area contributed by atoms with Gasteiger partial charge in [0.25, 0.3) is 5.92 Å². The van der Waals surface area contributed by atoms with E-state index in [-0.39, 0.29) is 33.5 Å². The number of sulfonamides is 1. The molecule has 1 fully saturated rings. The maximum absolute atomic E-state index is 15.6. The van der Waals surface area contributed by atoms with Gasteiger partial charge in [-0.05, 0) is 86.9 Å². The molecule has 73 heavy (non-hydrogen) atoms. The molecule has 2 aliphatic carbocycles. The molecular weight excluding hydrogens is 1060 g/mol. The van der Waals surface area contributed by atoms with Crippen LogP contribution in [0.3, 0.4) is 0 Å². The minimum Gasteiger partial charge on any atom is -0.481 e. The number of hydrogen-bond donors (Lipinski definition) is 3. The van der Waals surface area contributed by atoms with E-state index in [1.165, 1.54) is 13.8 Å². The molecule has 1 unspecified atom stereocenters. The number of ether oxygens (including phenoxy) is 1. The molecule has 0 aliphatic heterocycles. The number of carbonyl (C=O) groups excluding carboxylic acids is 2. The summed E-state index contributed by atoms with van der Waals surface area (Å²) in [4.78, 5) is 42.2. The maximum atomic E-state index is 15.6. The monoisotopic (exact) mass is 1100 g/mol. The molecule has 28 heteroatoms. The summed E-state index contributed by atoms with van der Waals surface area (Å²) in [6.45, 7) is 0.452. The van der Waals surface area contributed by atoms with E-state index in [0.29, 0.717) is 16.8 Å². The number of anilines is 1. The van der Waals surface area contributed by atoms with E-state index in [4.69, 9.17) is 21.4 Å². The second-order valence-corrected chi connectivity index (χ2v) is 22.7. The summed E-state index contributed by atoms with van der Waals surface area (Å²) < 4.78 is 204. The molecule has 2 aromatic carbocycles. The number of aliphatic carboxylic acids is 1. The predicted octanol–water partition coefficient (Wildman–Crippen LogP) is 8.04. The van der Waals surface area contributed by atoms with Crippen LogP contribution in [-0.2, 0) is 70.6 Å². The topological polar surface area (TPSA) is 209 Å². The molecule has 1 amide bonds. The Hall–Kier alpha value is -6.40. The van der Waals surface area contributed by atoms with Gasteiger partial charge in [0.15, 0.2) is 21.4 Å². The lowest BCUT2D eigenvalue weighted by atomic mass is 9.93. The van der Waals surface area contributed by atoms with Gasteiger partial charge in [0.05, 0.1) is 45.3 Å². The second-order valence-electron chi connectivity index (χ2n) is 18.0. The summed E-state index contributed by atoms with van der Waals surface area (Å²) in [7, 11) is -8.87. The quantitative estimate of drug-likeness (QED) is 0.0489. The second kappa shape index (κ2) is 19.1. The highest BCUT2D eigenvalue weighted by Crippen LogP contribution is 2.69. The zero-order valence-electron chi connectivity index (χ0n) is 38.1. The number of carboxylic acid groups (broad SMARTS) is 1. The molecule has 4 atom stereocenters. The highest BCUT2D eigenvalue weighted by atomic mass is 35.5. The molecule has 15 nitrogen and oxygen atoms in total. The number of sulfone groups is 1. The third kappa shape index (κ3) is 11.9. The van der Waals surface area contributed by atoms with Crippen molar-refractivity contribution in [3.8, 4) is 23.0 Å². The van der Waals surface area contributed by atoms with Crippen LogP contribution in [-0.4, -0.2) is 88.2 Å². The zero-order valence-corrected chi connectivity index (χ0v) is 40.5. The van der Waals surface area contributed by atoms with Crippen molar-refractivity contribution in [2.75, 3.05) is 16.7 Å². The first-order valence-electron chi connectivity index (χ1n) is 21.4. The highest BCUT2D eigenvalue weighted by Gasteiger charge is 2.67. The molecule has 392 valence electrons. The summed E-state index contributed by atoms with van der Waals surface area (Å²) in [5.74, 6) is -10.1. The Labute approximate surface area is 413 Å². The molecule has 0 saturated heterocycles. The molecule has 7 rings (SSSR count). The molecule has 3 N–H and O–H groups in total. The van der Waals surface area contributed by atoms with Gasteiger partial charge in [-0.3, -0.25) is 23.8 Å². The Morgan fingerprint density at radius 2 is 1.64 bits per heavy atom. The molecule has 3 heterocycles. The van der Waals surface area contributed by atoms with Gasteiger partial charge in [-0.25, -0.2) is 30.6 Å². The van der Waals surface area contributed by atoms with Gasteiger partial charge >= 0.3 is 24.3 Å². The van der Waals surface area contributed by atoms with E-state index >= 15 is 8.78 Å². The van der Waals surface area contributed by atoms with Crippen molar-refractivity contribution in [1.29, 1.82) is 0 Å². The predicted molar refractivity (Wildman–Crippen MR) is 240 cm³/mol. The number of nitrogens with one attached hydrogen (secondary N) is 2. The first kappa shape index (κ1) is 54.4. The fourth-order valence-electron chi connectivity index (χ4n) is 8.42. The average Bonchev–Trinajstić information content (AvgIpc) is 3.75. The van der Waals surface area contributed by atoms with E-state index in [2.05, 4.69) is 27.2 Å². The molecule has 1 saturated carbocycles. The SMILES string of the molecule is C[C@@H](CC(=O)O)OC(=O)CS(=O)(=O)Nc1nn(CC(F)(F)F)c2c(-c3ccc(C#CC(C)(C)S(C)(=O)=O)nc3[C@H](Cc3cc(F)cc(F)c3)NC(=O)Cn3cc(C(F)(F)F)c4c3C(F)(F)C3C[C@H]43)ccc(Cl)c12. The fourth-order valence-corrected chi connectivity index (χ4v) is 9.78. The Morgan fingerprint density at radius 1 is 1.00 bits per heavy atom. The number of pyridine rings is 1. The number of esters is 1. The number of carboxylic acids is 1. The van der Waals surface area contributed by atoms with Gasteiger partial charge in [-0.2, -0.15) is 40.2 Å². The van der Waals surface area contributed by atoms with Crippen molar-refractivity contribution in [2.45, 2.75) is 94.2 Å². The first-order valence-corrected chi connectivity index (χ1v) is 25.3. The molecule has 0 radical (unpaired) electrons. The normalized spacial score (nSPS) is 17.2. The molecule has 0 bridgehead atoms. The Balaban J connectivity index is 1.42. The summed E-state index contributed by atoms with van der Waals surface area (Å²) in [5, 5.41) is 14.3. The Bertz CT molecular complexity index is 3360. The lowest BCUT2D eigenvalue weighted by Gasteiger charge is -2.24. The van der Waals surface area contributed by atoms with E-state index in [0.717, 1.165) is 49.6 Å². The molecule has 0 spiro atoms. The number of benzene rings is 2. The van der Waals surface area contributed by atoms with Crippen LogP contribution in [0.4, 0.5) is 49.7 Å². The van der Waals surface area contributed by atoms with Crippen LogP contribution in [0.1, 0.15) is 79.3 Å². The lowest BCUT2D eigenvalue weighted by Crippen LogP contribution is -2.34. The summed E-state index contributed by atoms with van der Waals surface area (Å²) in [6.07, 6.45) is -12.0. The number of amides is 1. The van der Waals surface area contributed by atoms with Crippen LogP contribution in [0.2, 0.25) is 5.02 Å². The highest BCUT2D eigenvalue weighted by molar-refractivity contribution is 7.93. The summed E-state index contributed by atoms with van der Waals surface area (Å²) in [5.41, 5.74) is -5.37. The third-order valence-electron chi connectivity index (χ3n) is 11.9. The third-order valence-corrected chi connectivity index (χ3v) is 15.3. The number of hydrogen-bond acceptors (Lipinski definition) is 10. The Kier molecular flexibility index (Phi) is 14.3.